The Bertz CT molecular complexity index is 835. The number of hydrogen-bond donors (Lipinski definition) is 0. The third-order valence-corrected chi connectivity index (χ3v) is 5.47. The second-order valence-electron chi connectivity index (χ2n) is 7.32. The normalized spacial score (nSPS) is 20.0. The van der Waals surface area contributed by atoms with Crippen LogP contribution < -0.4 is 4.90 Å². The van der Waals surface area contributed by atoms with Gasteiger partial charge in [-0.3, -0.25) is 14.6 Å². The van der Waals surface area contributed by atoms with Crippen molar-refractivity contribution in [1.29, 1.82) is 0 Å². The van der Waals surface area contributed by atoms with E-state index in [2.05, 4.69) is 9.88 Å². The molecule has 2 aliphatic heterocycles. The molecule has 0 aliphatic carbocycles. The Kier molecular flexibility index (Phi) is 5.23. The highest BCUT2D eigenvalue weighted by molar-refractivity contribution is 5.89. The first-order valence-corrected chi connectivity index (χ1v) is 9.56. The van der Waals surface area contributed by atoms with E-state index in [1.165, 1.54) is 12.1 Å². The molecule has 0 unspecified atom stereocenters. The minimum Gasteiger partial charge on any atom is -0.368 e. The summed E-state index contributed by atoms with van der Waals surface area (Å²) in [5.74, 6) is -0.434. The maximum atomic E-state index is 13.1. The van der Waals surface area contributed by atoms with Crippen LogP contribution in [0, 0.1) is 11.7 Å². The quantitative estimate of drug-likeness (QED) is 0.811. The van der Waals surface area contributed by atoms with E-state index < -0.39 is 0 Å². The third kappa shape index (κ3) is 3.98. The maximum Gasteiger partial charge on any atom is 0.228 e. The highest BCUT2D eigenvalue weighted by atomic mass is 19.1. The molecule has 0 radical (unpaired) electrons. The van der Waals surface area contributed by atoms with E-state index in [4.69, 9.17) is 0 Å². The van der Waals surface area contributed by atoms with Crippen LogP contribution in [0.15, 0.2) is 48.8 Å². The highest BCUT2D eigenvalue weighted by Gasteiger charge is 2.37. The van der Waals surface area contributed by atoms with E-state index in [1.54, 1.807) is 29.4 Å². The van der Waals surface area contributed by atoms with Crippen LogP contribution in [0.3, 0.4) is 0 Å². The lowest BCUT2D eigenvalue weighted by Crippen LogP contribution is -2.50. The fourth-order valence-corrected chi connectivity index (χ4v) is 3.89. The number of benzene rings is 1. The molecule has 0 bridgehead atoms. The molecule has 6 nitrogen and oxygen atoms in total. The Morgan fingerprint density at radius 3 is 2.39 bits per heavy atom. The Morgan fingerprint density at radius 1 is 1.04 bits per heavy atom. The lowest BCUT2D eigenvalue weighted by Gasteiger charge is -2.37. The second-order valence-corrected chi connectivity index (χ2v) is 7.32. The molecule has 2 amide bonds. The lowest BCUT2D eigenvalue weighted by atomic mass is 10.1. The van der Waals surface area contributed by atoms with Gasteiger partial charge in [-0.05, 0) is 42.0 Å². The van der Waals surface area contributed by atoms with Crippen LogP contribution in [-0.2, 0) is 16.1 Å². The molecule has 1 aromatic heterocycles. The SMILES string of the molecule is O=C1C[C@H](C(=O)N2CCN(c3ccc(F)cc3)CC2)CN1Cc1ccncc1. The van der Waals surface area contributed by atoms with Gasteiger partial charge in [0.25, 0.3) is 0 Å². The highest BCUT2D eigenvalue weighted by Crippen LogP contribution is 2.24. The van der Waals surface area contributed by atoms with Crippen LogP contribution in [0.2, 0.25) is 0 Å². The first kappa shape index (κ1) is 18.4. The van der Waals surface area contributed by atoms with Gasteiger partial charge < -0.3 is 14.7 Å². The van der Waals surface area contributed by atoms with Crippen molar-refractivity contribution < 1.29 is 14.0 Å². The average molecular weight is 382 g/mol. The summed E-state index contributed by atoms with van der Waals surface area (Å²) in [4.78, 5) is 35.0. The Labute approximate surface area is 163 Å². The zero-order chi connectivity index (χ0) is 19.5. The number of carbonyl (C=O) groups is 2. The molecular formula is C21H23FN4O2. The van der Waals surface area contributed by atoms with Crippen molar-refractivity contribution in [2.45, 2.75) is 13.0 Å². The van der Waals surface area contributed by atoms with Crippen molar-refractivity contribution in [3.8, 4) is 0 Å². The van der Waals surface area contributed by atoms with E-state index in [1.807, 2.05) is 17.0 Å². The first-order chi connectivity index (χ1) is 13.6. The molecule has 1 aromatic carbocycles. The molecular weight excluding hydrogens is 359 g/mol. The van der Waals surface area contributed by atoms with Crippen molar-refractivity contribution >= 4 is 17.5 Å². The second kappa shape index (κ2) is 7.96. The van der Waals surface area contributed by atoms with Crippen LogP contribution in [0.4, 0.5) is 10.1 Å². The third-order valence-electron chi connectivity index (χ3n) is 5.47. The molecule has 0 spiro atoms. The fourth-order valence-electron chi connectivity index (χ4n) is 3.89. The van der Waals surface area contributed by atoms with Gasteiger partial charge in [-0.25, -0.2) is 4.39 Å². The van der Waals surface area contributed by atoms with Crippen LogP contribution in [0.25, 0.3) is 0 Å². The molecule has 7 heteroatoms. The molecule has 2 saturated heterocycles. The van der Waals surface area contributed by atoms with E-state index in [0.29, 0.717) is 39.3 Å². The first-order valence-electron chi connectivity index (χ1n) is 9.56. The molecule has 2 aromatic rings. The number of pyridine rings is 1. The number of halogens is 1. The standard InChI is InChI=1S/C21H23FN4O2/c22-18-1-3-19(4-2-18)24-9-11-25(12-10-24)21(28)17-13-20(27)26(15-17)14-16-5-7-23-8-6-16/h1-8,17H,9-15H2/t17-/m0/s1. The summed E-state index contributed by atoms with van der Waals surface area (Å²) >= 11 is 0. The summed E-state index contributed by atoms with van der Waals surface area (Å²) < 4.78 is 13.1. The Balaban J connectivity index is 1.31. The van der Waals surface area contributed by atoms with Crippen LogP contribution >= 0.6 is 0 Å². The van der Waals surface area contributed by atoms with E-state index in [0.717, 1.165) is 11.3 Å². The molecule has 2 fully saturated rings. The van der Waals surface area contributed by atoms with Crippen LogP contribution in [-0.4, -0.2) is 59.3 Å². The average Bonchev–Trinajstić information content (AvgIpc) is 3.09. The summed E-state index contributed by atoms with van der Waals surface area (Å²) in [6.45, 7) is 3.63. The van der Waals surface area contributed by atoms with Gasteiger partial charge in [-0.2, -0.15) is 0 Å². The van der Waals surface area contributed by atoms with Gasteiger partial charge in [0.1, 0.15) is 5.82 Å². The molecule has 0 N–H and O–H groups in total. The predicted molar refractivity (Wildman–Crippen MR) is 103 cm³/mol. The van der Waals surface area contributed by atoms with E-state index >= 15 is 0 Å². The summed E-state index contributed by atoms with van der Waals surface area (Å²) in [6, 6.07) is 10.2. The van der Waals surface area contributed by atoms with E-state index in [-0.39, 0.29) is 30.0 Å². The Morgan fingerprint density at radius 2 is 1.71 bits per heavy atom. The number of anilines is 1. The number of likely N-dealkylation sites (tertiary alicyclic amines) is 1. The zero-order valence-corrected chi connectivity index (χ0v) is 15.6. The number of aromatic nitrogens is 1. The Hall–Kier alpha value is -2.96. The van der Waals surface area contributed by atoms with E-state index in [9.17, 15) is 14.0 Å². The van der Waals surface area contributed by atoms with Gasteiger partial charge in [0.2, 0.25) is 11.8 Å². The molecule has 4 rings (SSSR count). The number of rotatable bonds is 4. The summed E-state index contributed by atoms with van der Waals surface area (Å²) in [6.07, 6.45) is 3.69. The van der Waals surface area contributed by atoms with Crippen LogP contribution in [0.5, 0.6) is 0 Å². The predicted octanol–water partition coefficient (Wildman–Crippen LogP) is 1.92. The minimum atomic E-state index is -0.272. The molecule has 3 heterocycles. The van der Waals surface area contributed by atoms with Crippen molar-refractivity contribution in [1.82, 2.24) is 14.8 Å². The van der Waals surface area contributed by atoms with Gasteiger partial charge in [0.05, 0.1) is 5.92 Å². The monoisotopic (exact) mass is 382 g/mol. The van der Waals surface area contributed by atoms with Crippen molar-refractivity contribution in [3.63, 3.8) is 0 Å². The van der Waals surface area contributed by atoms with Gasteiger partial charge in [0.15, 0.2) is 0 Å². The van der Waals surface area contributed by atoms with Gasteiger partial charge in [-0.1, -0.05) is 0 Å². The largest absolute Gasteiger partial charge is 0.368 e. The topological polar surface area (TPSA) is 56.8 Å². The zero-order valence-electron chi connectivity index (χ0n) is 15.6. The summed E-state index contributed by atoms with van der Waals surface area (Å²) in [5, 5.41) is 0. The molecule has 0 saturated carbocycles. The number of amides is 2. The fraction of sp³-hybridized carbons (Fsp3) is 0.381. The number of piperazine rings is 1. The van der Waals surface area contributed by atoms with Crippen molar-refractivity contribution in [3.05, 3.63) is 60.2 Å². The van der Waals surface area contributed by atoms with Crippen molar-refractivity contribution in [2.75, 3.05) is 37.6 Å². The van der Waals surface area contributed by atoms with Gasteiger partial charge >= 0.3 is 0 Å². The van der Waals surface area contributed by atoms with Gasteiger partial charge in [-0.15, -0.1) is 0 Å². The molecule has 146 valence electrons. The molecule has 28 heavy (non-hydrogen) atoms. The lowest BCUT2D eigenvalue weighted by molar-refractivity contribution is -0.136. The molecule has 2 aliphatic rings. The summed E-state index contributed by atoms with van der Waals surface area (Å²) in [7, 11) is 0. The summed E-state index contributed by atoms with van der Waals surface area (Å²) in [5.41, 5.74) is 1.98. The number of hydrogen-bond acceptors (Lipinski definition) is 4. The number of carbonyl (C=O) groups excluding carboxylic acids is 2. The number of nitrogens with zero attached hydrogens (tertiary/aromatic N) is 4. The molecule has 1 atom stereocenters. The maximum absolute atomic E-state index is 13.1. The minimum absolute atomic E-state index is 0.0279. The smallest absolute Gasteiger partial charge is 0.228 e. The van der Waals surface area contributed by atoms with Crippen LogP contribution in [0.1, 0.15) is 12.0 Å². The van der Waals surface area contributed by atoms with Gasteiger partial charge in [0, 0.05) is 63.8 Å². The van der Waals surface area contributed by atoms with Crippen molar-refractivity contribution in [2.24, 2.45) is 5.92 Å².